The highest BCUT2D eigenvalue weighted by Gasteiger charge is 2.31. The molecule has 0 bridgehead atoms. The zero-order valence-electron chi connectivity index (χ0n) is 15.6. The lowest BCUT2D eigenvalue weighted by atomic mass is 10.2. The van der Waals surface area contributed by atoms with E-state index in [-0.39, 0.29) is 41.0 Å². The fourth-order valence-corrected chi connectivity index (χ4v) is 5.04. The van der Waals surface area contributed by atoms with Crippen molar-refractivity contribution in [1.82, 2.24) is 9.21 Å². The number of rotatable bonds is 6. The summed E-state index contributed by atoms with van der Waals surface area (Å²) in [6.45, 7) is 0.500. The van der Waals surface area contributed by atoms with Crippen LogP contribution in [0.4, 0.5) is 5.69 Å². The lowest BCUT2D eigenvalue weighted by Gasteiger charge is -2.26. The van der Waals surface area contributed by atoms with E-state index in [2.05, 4.69) is 5.32 Å². The third-order valence-corrected chi connectivity index (χ3v) is 6.76. The van der Waals surface area contributed by atoms with Gasteiger partial charge in [-0.3, -0.25) is 19.3 Å². The van der Waals surface area contributed by atoms with Crippen molar-refractivity contribution in [1.29, 1.82) is 0 Å². The number of ether oxygens (including phenoxy) is 1. The van der Waals surface area contributed by atoms with Crippen molar-refractivity contribution in [2.24, 2.45) is 0 Å². The number of likely N-dealkylation sites (tertiary alicyclic amines) is 1. The number of hydrogen-bond acceptors (Lipinski definition) is 6. The Balaban J connectivity index is 1.79. The Morgan fingerprint density at radius 1 is 1.11 bits per heavy atom. The molecule has 3 rings (SSSR count). The molecule has 0 aliphatic carbocycles. The van der Waals surface area contributed by atoms with Crippen LogP contribution < -0.4 is 10.1 Å². The van der Waals surface area contributed by atoms with Gasteiger partial charge in [-0.1, -0.05) is 6.42 Å². The van der Waals surface area contributed by atoms with Crippen LogP contribution in [0.1, 0.15) is 32.1 Å². The number of nitrogens with one attached hydrogen (secondary N) is 1. The van der Waals surface area contributed by atoms with Gasteiger partial charge >= 0.3 is 0 Å². The third kappa shape index (κ3) is 4.17. The maximum atomic E-state index is 13.0. The van der Waals surface area contributed by atoms with Crippen LogP contribution in [0.15, 0.2) is 23.1 Å². The Morgan fingerprint density at radius 2 is 1.75 bits per heavy atom. The monoisotopic (exact) mass is 409 g/mol. The minimum absolute atomic E-state index is 0.0250. The molecule has 10 heteroatoms. The molecule has 0 atom stereocenters. The maximum absolute atomic E-state index is 13.0. The molecule has 0 saturated carbocycles. The summed E-state index contributed by atoms with van der Waals surface area (Å²) in [6.07, 6.45) is 2.80. The molecule has 2 fully saturated rings. The summed E-state index contributed by atoms with van der Waals surface area (Å²) in [5.41, 5.74) is 0.250. The third-order valence-electron chi connectivity index (χ3n) is 4.84. The molecule has 1 aromatic rings. The number of carbonyl (C=O) groups excluding carboxylic acids is 3. The van der Waals surface area contributed by atoms with E-state index in [9.17, 15) is 22.8 Å². The second-order valence-corrected chi connectivity index (χ2v) is 8.66. The predicted molar refractivity (Wildman–Crippen MR) is 100 cm³/mol. The summed E-state index contributed by atoms with van der Waals surface area (Å²) in [7, 11) is -2.38. The first-order valence-corrected chi connectivity index (χ1v) is 10.6. The molecule has 2 heterocycles. The smallest absolute Gasteiger partial charge is 0.246 e. The van der Waals surface area contributed by atoms with Gasteiger partial charge in [-0.25, -0.2) is 8.42 Å². The molecular weight excluding hydrogens is 386 g/mol. The fourth-order valence-electron chi connectivity index (χ4n) is 3.34. The molecule has 28 heavy (non-hydrogen) atoms. The van der Waals surface area contributed by atoms with E-state index in [1.54, 1.807) is 0 Å². The van der Waals surface area contributed by atoms with Crippen LogP contribution in [0.25, 0.3) is 0 Å². The summed E-state index contributed by atoms with van der Waals surface area (Å²) in [5, 5.41) is 2.55. The van der Waals surface area contributed by atoms with Crippen LogP contribution in [0.2, 0.25) is 0 Å². The largest absolute Gasteiger partial charge is 0.495 e. The van der Waals surface area contributed by atoms with Gasteiger partial charge in [-0.05, 0) is 31.0 Å². The average Bonchev–Trinajstić information content (AvgIpc) is 3.00. The van der Waals surface area contributed by atoms with Gasteiger partial charge in [-0.2, -0.15) is 4.31 Å². The average molecular weight is 409 g/mol. The number of hydrogen-bond donors (Lipinski definition) is 1. The molecule has 0 unspecified atom stereocenters. The Hall–Kier alpha value is -2.46. The van der Waals surface area contributed by atoms with E-state index in [4.69, 9.17) is 4.74 Å². The highest BCUT2D eigenvalue weighted by Crippen LogP contribution is 2.31. The van der Waals surface area contributed by atoms with Crippen molar-refractivity contribution in [2.75, 3.05) is 32.1 Å². The van der Waals surface area contributed by atoms with E-state index in [1.807, 2.05) is 0 Å². The van der Waals surface area contributed by atoms with Crippen LogP contribution in [0.3, 0.4) is 0 Å². The number of sulfonamides is 1. The number of methoxy groups -OCH3 is 1. The van der Waals surface area contributed by atoms with Gasteiger partial charge in [0.25, 0.3) is 0 Å². The zero-order chi connectivity index (χ0) is 20.3. The molecule has 0 spiro atoms. The molecule has 2 saturated heterocycles. The Labute approximate surface area is 163 Å². The molecule has 0 aromatic heterocycles. The second kappa shape index (κ2) is 8.27. The van der Waals surface area contributed by atoms with Crippen LogP contribution in [0.5, 0.6) is 5.75 Å². The molecule has 2 aliphatic rings. The molecule has 0 radical (unpaired) electrons. The standard InChI is InChI=1S/C18H23N3O6S/c1-27-14-6-5-13(19-16(22)12-21-17(23)7-8-18(21)24)11-15(14)28(25,26)20-9-3-2-4-10-20/h5-6,11H,2-4,7-10,12H2,1H3,(H,19,22). The van der Waals surface area contributed by atoms with E-state index >= 15 is 0 Å². The van der Waals surface area contributed by atoms with Gasteiger partial charge in [-0.15, -0.1) is 0 Å². The summed E-state index contributed by atoms with van der Waals surface area (Å²) >= 11 is 0. The van der Waals surface area contributed by atoms with Crippen LogP contribution in [0, 0.1) is 0 Å². The number of anilines is 1. The SMILES string of the molecule is COc1ccc(NC(=O)CN2C(=O)CCC2=O)cc1S(=O)(=O)N1CCCCC1. The van der Waals surface area contributed by atoms with Gasteiger partial charge in [0.05, 0.1) is 7.11 Å². The van der Waals surface area contributed by atoms with Gasteiger partial charge in [0.1, 0.15) is 17.2 Å². The van der Waals surface area contributed by atoms with Crippen molar-refractivity contribution in [2.45, 2.75) is 37.0 Å². The summed E-state index contributed by atoms with van der Waals surface area (Å²) in [5.74, 6) is -1.16. The Kier molecular flexibility index (Phi) is 5.99. The molecule has 3 amide bonds. The van der Waals surface area contributed by atoms with Crippen molar-refractivity contribution < 1.29 is 27.5 Å². The van der Waals surface area contributed by atoms with Crippen LogP contribution in [-0.2, 0) is 24.4 Å². The second-order valence-electron chi connectivity index (χ2n) is 6.75. The van der Waals surface area contributed by atoms with Crippen molar-refractivity contribution in [3.8, 4) is 5.75 Å². The van der Waals surface area contributed by atoms with Gasteiger partial charge in [0.2, 0.25) is 27.7 Å². The molecule has 1 aromatic carbocycles. The number of piperidine rings is 1. The quantitative estimate of drug-likeness (QED) is 0.700. The molecule has 152 valence electrons. The van der Waals surface area contributed by atoms with E-state index in [1.165, 1.54) is 29.6 Å². The minimum atomic E-state index is -3.76. The lowest BCUT2D eigenvalue weighted by Crippen LogP contribution is -2.37. The minimum Gasteiger partial charge on any atom is -0.495 e. The Morgan fingerprint density at radius 3 is 2.36 bits per heavy atom. The zero-order valence-corrected chi connectivity index (χ0v) is 16.5. The number of carbonyl (C=O) groups is 3. The van der Waals surface area contributed by atoms with Crippen molar-refractivity contribution in [3.05, 3.63) is 18.2 Å². The number of nitrogens with zero attached hydrogens (tertiary/aromatic N) is 2. The van der Waals surface area contributed by atoms with E-state index in [0.717, 1.165) is 24.2 Å². The van der Waals surface area contributed by atoms with E-state index < -0.39 is 22.5 Å². The first-order chi connectivity index (χ1) is 13.3. The highest BCUT2D eigenvalue weighted by molar-refractivity contribution is 7.89. The number of benzene rings is 1. The van der Waals surface area contributed by atoms with Crippen LogP contribution in [-0.4, -0.2) is 62.1 Å². The summed E-state index contributed by atoms with van der Waals surface area (Å²) in [6, 6.07) is 4.33. The first-order valence-electron chi connectivity index (χ1n) is 9.14. The molecule has 9 nitrogen and oxygen atoms in total. The van der Waals surface area contributed by atoms with Gasteiger partial charge < -0.3 is 10.1 Å². The first kappa shape index (κ1) is 20.3. The van der Waals surface area contributed by atoms with Crippen LogP contribution >= 0.6 is 0 Å². The summed E-state index contributed by atoms with van der Waals surface area (Å²) in [4.78, 5) is 36.4. The van der Waals surface area contributed by atoms with Gasteiger partial charge in [0, 0.05) is 31.6 Å². The Bertz CT molecular complexity index is 877. The topological polar surface area (TPSA) is 113 Å². The molecule has 2 aliphatic heterocycles. The molecular formula is C18H23N3O6S. The predicted octanol–water partition coefficient (Wildman–Crippen LogP) is 0.957. The van der Waals surface area contributed by atoms with Crippen molar-refractivity contribution >= 4 is 33.4 Å². The maximum Gasteiger partial charge on any atom is 0.246 e. The summed E-state index contributed by atoms with van der Waals surface area (Å²) < 4.78 is 32.6. The highest BCUT2D eigenvalue weighted by atomic mass is 32.2. The van der Waals surface area contributed by atoms with Gasteiger partial charge in [0.15, 0.2) is 0 Å². The fraction of sp³-hybridized carbons (Fsp3) is 0.500. The lowest BCUT2D eigenvalue weighted by molar-refractivity contribution is -0.141. The number of amides is 3. The number of imide groups is 1. The van der Waals surface area contributed by atoms with Crippen molar-refractivity contribution in [3.63, 3.8) is 0 Å². The van der Waals surface area contributed by atoms with E-state index in [0.29, 0.717) is 13.1 Å². The normalized spacial score (nSPS) is 18.4. The molecule has 1 N–H and O–H groups in total.